The van der Waals surface area contributed by atoms with Crippen LogP contribution < -0.4 is 11.1 Å². The van der Waals surface area contributed by atoms with Gasteiger partial charge in [-0.1, -0.05) is 31.0 Å². The monoisotopic (exact) mass is 352 g/mol. The number of rotatable bonds is 4. The molecule has 1 fully saturated rings. The Labute approximate surface area is 155 Å². The molecule has 2 aliphatic rings. The molecule has 1 aromatic heterocycles. The minimum Gasteiger partial charge on any atom is -0.348 e. The Hall–Kier alpha value is -2.14. The number of aromatic nitrogens is 2. The summed E-state index contributed by atoms with van der Waals surface area (Å²) >= 11 is 0. The zero-order valence-corrected chi connectivity index (χ0v) is 15.5. The standard InChI is InChI=1S/C21H28N4O/c1-14-7-2-5-11-18(14)25-19-12-6-9-16(19)20(24-25)21(26)23-17-10-4-3-8-15(17)13-22/h2,5,7,11,15,17H,3-4,6,8-10,12-13,22H2,1H3,(H,23,26). The van der Waals surface area contributed by atoms with Crippen LogP contribution in [-0.2, 0) is 12.8 Å². The fourth-order valence-corrected chi connectivity index (χ4v) is 4.54. The second-order valence-electron chi connectivity index (χ2n) is 7.69. The molecule has 1 amide bonds. The van der Waals surface area contributed by atoms with Gasteiger partial charge in [-0.2, -0.15) is 5.10 Å². The van der Waals surface area contributed by atoms with Crippen molar-refractivity contribution in [1.82, 2.24) is 15.1 Å². The number of benzene rings is 1. The number of carbonyl (C=O) groups excluding carboxylic acids is 1. The van der Waals surface area contributed by atoms with E-state index in [1.807, 2.05) is 16.8 Å². The van der Waals surface area contributed by atoms with E-state index in [1.54, 1.807) is 0 Å². The van der Waals surface area contributed by atoms with E-state index >= 15 is 0 Å². The molecule has 1 saturated carbocycles. The average Bonchev–Trinajstić information content (AvgIpc) is 3.25. The van der Waals surface area contributed by atoms with Crippen molar-refractivity contribution in [3.8, 4) is 5.69 Å². The van der Waals surface area contributed by atoms with Crippen molar-refractivity contribution in [2.45, 2.75) is 57.9 Å². The third kappa shape index (κ3) is 3.05. The largest absolute Gasteiger partial charge is 0.348 e. The van der Waals surface area contributed by atoms with Gasteiger partial charge in [-0.15, -0.1) is 0 Å². The number of aryl methyl sites for hydroxylation is 1. The van der Waals surface area contributed by atoms with Crippen LogP contribution in [0.4, 0.5) is 0 Å². The number of para-hydroxylation sites is 1. The van der Waals surface area contributed by atoms with Crippen LogP contribution in [0.25, 0.3) is 5.69 Å². The predicted molar refractivity (Wildman–Crippen MR) is 103 cm³/mol. The van der Waals surface area contributed by atoms with Crippen molar-refractivity contribution >= 4 is 5.91 Å². The summed E-state index contributed by atoms with van der Waals surface area (Å²) < 4.78 is 1.99. The molecule has 3 N–H and O–H groups in total. The van der Waals surface area contributed by atoms with Gasteiger partial charge in [0.05, 0.1) is 5.69 Å². The summed E-state index contributed by atoms with van der Waals surface area (Å²) in [5.74, 6) is 0.361. The topological polar surface area (TPSA) is 72.9 Å². The van der Waals surface area contributed by atoms with E-state index in [0.717, 1.165) is 49.8 Å². The molecule has 2 aliphatic carbocycles. The van der Waals surface area contributed by atoms with Gasteiger partial charge in [0.2, 0.25) is 0 Å². The first-order valence-electron chi connectivity index (χ1n) is 9.86. The maximum absolute atomic E-state index is 13.0. The van der Waals surface area contributed by atoms with Crippen LogP contribution in [0, 0.1) is 12.8 Å². The normalized spacial score (nSPS) is 22.2. The Bertz CT molecular complexity index is 810. The number of nitrogens with two attached hydrogens (primary N) is 1. The lowest BCUT2D eigenvalue weighted by Gasteiger charge is -2.31. The van der Waals surface area contributed by atoms with E-state index in [-0.39, 0.29) is 11.9 Å². The van der Waals surface area contributed by atoms with Gasteiger partial charge < -0.3 is 11.1 Å². The van der Waals surface area contributed by atoms with E-state index in [0.29, 0.717) is 18.2 Å². The number of nitrogens with zero attached hydrogens (tertiary/aromatic N) is 2. The van der Waals surface area contributed by atoms with Crippen LogP contribution >= 0.6 is 0 Å². The molecule has 26 heavy (non-hydrogen) atoms. The predicted octanol–water partition coefficient (Wildman–Crippen LogP) is 2.92. The number of hydrogen-bond donors (Lipinski definition) is 2. The number of carbonyl (C=O) groups is 1. The van der Waals surface area contributed by atoms with Crippen LogP contribution in [-0.4, -0.2) is 28.3 Å². The Morgan fingerprint density at radius 2 is 2.04 bits per heavy atom. The molecule has 2 aromatic rings. The van der Waals surface area contributed by atoms with Gasteiger partial charge in [-0.3, -0.25) is 4.79 Å². The van der Waals surface area contributed by atoms with Crippen LogP contribution in [0.5, 0.6) is 0 Å². The highest BCUT2D eigenvalue weighted by Crippen LogP contribution is 2.30. The summed E-state index contributed by atoms with van der Waals surface area (Å²) in [6, 6.07) is 8.41. The van der Waals surface area contributed by atoms with Gasteiger partial charge in [0.1, 0.15) is 0 Å². The first-order valence-corrected chi connectivity index (χ1v) is 9.86. The Kier molecular flexibility index (Phi) is 4.81. The summed E-state index contributed by atoms with van der Waals surface area (Å²) in [5.41, 5.74) is 11.1. The number of hydrogen-bond acceptors (Lipinski definition) is 3. The Morgan fingerprint density at radius 3 is 2.85 bits per heavy atom. The maximum atomic E-state index is 13.0. The minimum atomic E-state index is -0.0270. The summed E-state index contributed by atoms with van der Waals surface area (Å²) in [6.45, 7) is 2.73. The molecule has 2 unspecified atom stereocenters. The van der Waals surface area contributed by atoms with Crippen LogP contribution in [0.3, 0.4) is 0 Å². The fourth-order valence-electron chi connectivity index (χ4n) is 4.54. The zero-order chi connectivity index (χ0) is 18.1. The van der Waals surface area contributed by atoms with E-state index in [4.69, 9.17) is 10.8 Å². The highest BCUT2D eigenvalue weighted by Gasteiger charge is 2.30. The Balaban J connectivity index is 1.64. The second kappa shape index (κ2) is 7.23. The molecule has 1 aromatic carbocycles. The molecule has 5 nitrogen and oxygen atoms in total. The van der Waals surface area contributed by atoms with Crippen molar-refractivity contribution in [1.29, 1.82) is 0 Å². The van der Waals surface area contributed by atoms with Crippen molar-refractivity contribution in [3.05, 3.63) is 46.8 Å². The van der Waals surface area contributed by atoms with Gasteiger partial charge in [0.25, 0.3) is 5.91 Å². The van der Waals surface area contributed by atoms with Crippen molar-refractivity contribution < 1.29 is 4.79 Å². The first kappa shape index (κ1) is 17.3. The zero-order valence-electron chi connectivity index (χ0n) is 15.5. The lowest BCUT2D eigenvalue weighted by Crippen LogP contribution is -2.45. The molecule has 0 spiro atoms. The van der Waals surface area contributed by atoms with E-state index < -0.39 is 0 Å². The maximum Gasteiger partial charge on any atom is 0.272 e. The van der Waals surface area contributed by atoms with E-state index in [1.165, 1.54) is 17.7 Å². The lowest BCUT2D eigenvalue weighted by molar-refractivity contribution is 0.0901. The molecule has 5 heteroatoms. The van der Waals surface area contributed by atoms with Gasteiger partial charge in [-0.25, -0.2) is 4.68 Å². The van der Waals surface area contributed by atoms with Gasteiger partial charge in [-0.05, 0) is 63.1 Å². The van der Waals surface area contributed by atoms with E-state index in [9.17, 15) is 4.79 Å². The minimum absolute atomic E-state index is 0.0270. The number of amides is 1. The fraction of sp³-hybridized carbons (Fsp3) is 0.524. The summed E-state index contributed by atoms with van der Waals surface area (Å²) in [4.78, 5) is 13.0. The Morgan fingerprint density at radius 1 is 1.23 bits per heavy atom. The van der Waals surface area contributed by atoms with Gasteiger partial charge in [0, 0.05) is 17.3 Å². The summed E-state index contributed by atoms with van der Waals surface area (Å²) in [5, 5.41) is 8.00. The quantitative estimate of drug-likeness (QED) is 0.888. The smallest absolute Gasteiger partial charge is 0.272 e. The molecule has 0 radical (unpaired) electrons. The highest BCUT2D eigenvalue weighted by molar-refractivity contribution is 5.94. The number of nitrogens with one attached hydrogen (secondary N) is 1. The summed E-state index contributed by atoms with van der Waals surface area (Å²) in [6.07, 6.45) is 7.52. The third-order valence-electron chi connectivity index (χ3n) is 6.02. The highest BCUT2D eigenvalue weighted by atomic mass is 16.2. The molecule has 1 heterocycles. The molecular formula is C21H28N4O. The molecule has 4 rings (SSSR count). The third-order valence-corrected chi connectivity index (χ3v) is 6.02. The van der Waals surface area contributed by atoms with Crippen molar-refractivity contribution in [2.24, 2.45) is 11.7 Å². The second-order valence-corrected chi connectivity index (χ2v) is 7.69. The molecule has 0 saturated heterocycles. The lowest BCUT2D eigenvalue weighted by atomic mass is 9.84. The van der Waals surface area contributed by atoms with Crippen LogP contribution in [0.15, 0.2) is 24.3 Å². The number of fused-ring (bicyclic) bond motifs is 1. The SMILES string of the molecule is Cc1ccccc1-n1nc(C(=O)NC2CCCCC2CN)c2c1CCC2. The average molecular weight is 352 g/mol. The van der Waals surface area contributed by atoms with E-state index in [2.05, 4.69) is 24.4 Å². The van der Waals surface area contributed by atoms with Crippen molar-refractivity contribution in [3.63, 3.8) is 0 Å². The molecule has 2 atom stereocenters. The van der Waals surface area contributed by atoms with Gasteiger partial charge in [0.15, 0.2) is 5.69 Å². The van der Waals surface area contributed by atoms with Crippen LogP contribution in [0.1, 0.15) is 59.4 Å². The summed E-state index contributed by atoms with van der Waals surface area (Å²) in [7, 11) is 0. The molecule has 0 aliphatic heterocycles. The molecular weight excluding hydrogens is 324 g/mol. The first-order chi connectivity index (χ1) is 12.7. The van der Waals surface area contributed by atoms with Gasteiger partial charge >= 0.3 is 0 Å². The van der Waals surface area contributed by atoms with Crippen molar-refractivity contribution in [2.75, 3.05) is 6.54 Å². The van der Waals surface area contributed by atoms with Crippen LogP contribution in [0.2, 0.25) is 0 Å². The molecule has 0 bridgehead atoms. The molecule has 138 valence electrons.